The fourth-order valence-corrected chi connectivity index (χ4v) is 3.79. The Kier molecular flexibility index (Phi) is 5.09. The topological polar surface area (TPSA) is 70.2 Å². The maximum absolute atomic E-state index is 14.1. The molecule has 4 aromatic rings. The SMILES string of the molecule is O=C(c1ccccc1F)c1c[nH]c2ncc(Nc3ccc(N4CCOCC4)cc3)cc12. The lowest BCUT2D eigenvalue weighted by Crippen LogP contribution is -2.36. The number of halogens is 1. The summed E-state index contributed by atoms with van der Waals surface area (Å²) in [6.45, 7) is 3.27. The van der Waals surface area contributed by atoms with E-state index in [0.717, 1.165) is 43.4 Å². The standard InChI is InChI=1S/C24H21FN4O2/c25-22-4-2-1-3-19(22)23(30)21-15-27-24-20(21)13-17(14-26-24)28-16-5-7-18(8-6-16)29-9-11-31-12-10-29/h1-8,13-15,28H,9-12H2,(H,26,27). The second-order valence-electron chi connectivity index (χ2n) is 7.40. The summed E-state index contributed by atoms with van der Waals surface area (Å²) in [7, 11) is 0. The van der Waals surface area contributed by atoms with Crippen molar-refractivity contribution in [3.8, 4) is 0 Å². The number of nitrogens with one attached hydrogen (secondary N) is 2. The van der Waals surface area contributed by atoms with Gasteiger partial charge in [-0.2, -0.15) is 0 Å². The molecule has 156 valence electrons. The number of ketones is 1. The number of nitrogens with zero attached hydrogens (tertiary/aromatic N) is 2. The number of hydrogen-bond donors (Lipinski definition) is 2. The van der Waals surface area contributed by atoms with Crippen molar-refractivity contribution >= 4 is 33.9 Å². The Hall–Kier alpha value is -3.71. The Morgan fingerprint density at radius 1 is 1.03 bits per heavy atom. The third kappa shape index (κ3) is 3.87. The predicted octanol–water partition coefficient (Wildman–Crippen LogP) is 4.51. The van der Waals surface area contributed by atoms with Crippen LogP contribution in [-0.4, -0.2) is 42.1 Å². The average Bonchev–Trinajstić information content (AvgIpc) is 3.23. The minimum Gasteiger partial charge on any atom is -0.378 e. The maximum atomic E-state index is 14.1. The lowest BCUT2D eigenvalue weighted by atomic mass is 10.0. The van der Waals surface area contributed by atoms with Crippen LogP contribution < -0.4 is 10.2 Å². The molecule has 1 aliphatic heterocycles. The molecule has 1 fully saturated rings. The molecular weight excluding hydrogens is 395 g/mol. The van der Waals surface area contributed by atoms with Crippen LogP contribution in [0.15, 0.2) is 67.0 Å². The van der Waals surface area contributed by atoms with E-state index in [-0.39, 0.29) is 11.3 Å². The number of anilines is 3. The van der Waals surface area contributed by atoms with Gasteiger partial charge in [0.25, 0.3) is 0 Å². The van der Waals surface area contributed by atoms with E-state index in [1.54, 1.807) is 24.5 Å². The number of morpholine rings is 1. The molecule has 0 amide bonds. The van der Waals surface area contributed by atoms with Gasteiger partial charge in [-0.15, -0.1) is 0 Å². The van der Waals surface area contributed by atoms with Gasteiger partial charge in [-0.3, -0.25) is 4.79 Å². The highest BCUT2D eigenvalue weighted by molar-refractivity contribution is 6.16. The predicted molar refractivity (Wildman–Crippen MR) is 119 cm³/mol. The molecular formula is C24H21FN4O2. The summed E-state index contributed by atoms with van der Waals surface area (Å²) in [4.78, 5) is 22.6. The molecule has 0 atom stereocenters. The number of pyridine rings is 1. The lowest BCUT2D eigenvalue weighted by molar-refractivity contribution is 0.103. The molecule has 0 aliphatic carbocycles. The van der Waals surface area contributed by atoms with Crippen LogP contribution in [0.4, 0.5) is 21.5 Å². The molecule has 0 radical (unpaired) electrons. The molecule has 31 heavy (non-hydrogen) atoms. The van der Waals surface area contributed by atoms with Crippen LogP contribution in [0.5, 0.6) is 0 Å². The molecule has 0 unspecified atom stereocenters. The number of aromatic nitrogens is 2. The molecule has 6 nitrogen and oxygen atoms in total. The van der Waals surface area contributed by atoms with E-state index in [1.807, 2.05) is 18.2 Å². The molecule has 5 rings (SSSR count). The van der Waals surface area contributed by atoms with Crippen LogP contribution in [0, 0.1) is 5.82 Å². The van der Waals surface area contributed by atoms with Gasteiger partial charge in [0.1, 0.15) is 11.5 Å². The Bertz CT molecular complexity index is 1230. The third-order valence-electron chi connectivity index (χ3n) is 5.43. The Morgan fingerprint density at radius 3 is 2.58 bits per heavy atom. The zero-order valence-corrected chi connectivity index (χ0v) is 16.8. The van der Waals surface area contributed by atoms with Gasteiger partial charge in [-0.1, -0.05) is 12.1 Å². The van der Waals surface area contributed by atoms with E-state index in [1.165, 1.54) is 12.1 Å². The van der Waals surface area contributed by atoms with Gasteiger partial charge in [-0.25, -0.2) is 9.37 Å². The molecule has 3 heterocycles. The fourth-order valence-electron chi connectivity index (χ4n) is 3.79. The van der Waals surface area contributed by atoms with Gasteiger partial charge in [0.2, 0.25) is 0 Å². The smallest absolute Gasteiger partial charge is 0.198 e. The van der Waals surface area contributed by atoms with Gasteiger partial charge in [0.05, 0.1) is 30.7 Å². The van der Waals surface area contributed by atoms with E-state index >= 15 is 0 Å². The Labute approximate surface area is 178 Å². The van der Waals surface area contributed by atoms with Gasteiger partial charge >= 0.3 is 0 Å². The van der Waals surface area contributed by atoms with Crippen LogP contribution in [0.25, 0.3) is 11.0 Å². The molecule has 2 N–H and O–H groups in total. The number of fused-ring (bicyclic) bond motifs is 1. The van der Waals surface area contributed by atoms with Gasteiger partial charge < -0.3 is 19.9 Å². The average molecular weight is 416 g/mol. The Balaban J connectivity index is 1.39. The quantitative estimate of drug-likeness (QED) is 0.469. The van der Waals surface area contributed by atoms with Gasteiger partial charge in [-0.05, 0) is 42.5 Å². The summed E-state index contributed by atoms with van der Waals surface area (Å²) < 4.78 is 19.5. The normalized spacial score (nSPS) is 14.0. The number of carbonyl (C=O) groups excluding carboxylic acids is 1. The molecule has 0 bridgehead atoms. The highest BCUT2D eigenvalue weighted by Gasteiger charge is 2.18. The van der Waals surface area contributed by atoms with Crippen molar-refractivity contribution in [3.63, 3.8) is 0 Å². The van der Waals surface area contributed by atoms with Crippen LogP contribution in [0.1, 0.15) is 15.9 Å². The first kappa shape index (κ1) is 19.3. The van der Waals surface area contributed by atoms with Crippen molar-refractivity contribution in [2.24, 2.45) is 0 Å². The highest BCUT2D eigenvalue weighted by Crippen LogP contribution is 2.26. The second-order valence-corrected chi connectivity index (χ2v) is 7.40. The molecule has 7 heteroatoms. The monoisotopic (exact) mass is 416 g/mol. The molecule has 1 aliphatic rings. The summed E-state index contributed by atoms with van der Waals surface area (Å²) in [5.74, 6) is -0.914. The van der Waals surface area contributed by atoms with Crippen molar-refractivity contribution in [3.05, 3.63) is 83.9 Å². The number of benzene rings is 2. The van der Waals surface area contributed by atoms with E-state index in [4.69, 9.17) is 4.74 Å². The van der Waals surface area contributed by atoms with Crippen molar-refractivity contribution in [2.75, 3.05) is 36.5 Å². The minimum absolute atomic E-state index is 0.0421. The number of carbonyl (C=O) groups is 1. The van der Waals surface area contributed by atoms with E-state index < -0.39 is 5.82 Å². The first-order valence-corrected chi connectivity index (χ1v) is 10.2. The van der Waals surface area contributed by atoms with Gasteiger partial charge in [0.15, 0.2) is 5.78 Å². The fraction of sp³-hybridized carbons (Fsp3) is 0.167. The summed E-state index contributed by atoms with van der Waals surface area (Å²) in [5, 5.41) is 3.97. The number of rotatable bonds is 5. The molecule has 2 aromatic carbocycles. The number of ether oxygens (including phenoxy) is 1. The second kappa shape index (κ2) is 8.20. The van der Waals surface area contributed by atoms with Crippen molar-refractivity contribution < 1.29 is 13.9 Å². The number of H-pyrrole nitrogens is 1. The first-order valence-electron chi connectivity index (χ1n) is 10.2. The van der Waals surface area contributed by atoms with E-state index in [0.29, 0.717) is 16.6 Å². The highest BCUT2D eigenvalue weighted by atomic mass is 19.1. The zero-order chi connectivity index (χ0) is 21.2. The molecule has 0 spiro atoms. The zero-order valence-electron chi connectivity index (χ0n) is 16.8. The van der Waals surface area contributed by atoms with Crippen LogP contribution in [0.2, 0.25) is 0 Å². The van der Waals surface area contributed by atoms with Crippen molar-refractivity contribution in [1.82, 2.24) is 9.97 Å². The van der Waals surface area contributed by atoms with Gasteiger partial charge in [0, 0.05) is 41.6 Å². The largest absolute Gasteiger partial charge is 0.378 e. The van der Waals surface area contributed by atoms with Crippen LogP contribution in [0.3, 0.4) is 0 Å². The summed E-state index contributed by atoms with van der Waals surface area (Å²) in [6.07, 6.45) is 3.28. The number of hydrogen-bond acceptors (Lipinski definition) is 5. The van der Waals surface area contributed by atoms with Crippen LogP contribution >= 0.6 is 0 Å². The third-order valence-corrected chi connectivity index (χ3v) is 5.43. The van der Waals surface area contributed by atoms with E-state index in [2.05, 4.69) is 32.3 Å². The van der Waals surface area contributed by atoms with Crippen molar-refractivity contribution in [1.29, 1.82) is 0 Å². The van der Waals surface area contributed by atoms with Crippen molar-refractivity contribution in [2.45, 2.75) is 0 Å². The summed E-state index contributed by atoms with van der Waals surface area (Å²) in [5.41, 5.74) is 3.82. The maximum Gasteiger partial charge on any atom is 0.198 e. The van der Waals surface area contributed by atoms with E-state index in [9.17, 15) is 9.18 Å². The molecule has 2 aromatic heterocycles. The Morgan fingerprint density at radius 2 is 1.81 bits per heavy atom. The molecule has 0 saturated carbocycles. The lowest BCUT2D eigenvalue weighted by Gasteiger charge is -2.28. The summed E-state index contributed by atoms with van der Waals surface area (Å²) >= 11 is 0. The minimum atomic E-state index is -0.538. The molecule has 1 saturated heterocycles. The number of aromatic amines is 1. The van der Waals surface area contributed by atoms with Crippen LogP contribution in [-0.2, 0) is 4.74 Å². The summed E-state index contributed by atoms with van der Waals surface area (Å²) in [6, 6.07) is 16.0. The first-order chi connectivity index (χ1) is 15.2.